The van der Waals surface area contributed by atoms with E-state index in [4.69, 9.17) is 0 Å². The van der Waals surface area contributed by atoms with E-state index < -0.39 is 0 Å². The summed E-state index contributed by atoms with van der Waals surface area (Å²) in [4.78, 5) is 8.70. The number of aryl methyl sites for hydroxylation is 1. The number of aliphatic hydroxyl groups is 1. The molecule has 1 aliphatic carbocycles. The van der Waals surface area contributed by atoms with E-state index in [9.17, 15) is 5.11 Å². The molecule has 2 unspecified atom stereocenters. The highest BCUT2D eigenvalue weighted by atomic mass is 16.3. The number of aromatic nitrogens is 2. The number of anilines is 2. The van der Waals surface area contributed by atoms with Crippen molar-refractivity contribution in [2.24, 2.45) is 5.41 Å². The second-order valence-corrected chi connectivity index (χ2v) is 5.49. The molecule has 0 amide bonds. The van der Waals surface area contributed by atoms with Gasteiger partial charge in [-0.15, -0.1) is 0 Å². The van der Waals surface area contributed by atoms with Crippen molar-refractivity contribution in [1.29, 1.82) is 0 Å². The standard InChI is InChI=1S/C13H22N4O/c1-5-14-11-7-12(16-8(2)15-11)17-9-6-10(18)13(9,3)4/h7,9-10,18H,5-6H2,1-4H3,(H2,14,15,16,17). The van der Waals surface area contributed by atoms with Crippen LogP contribution in [0.15, 0.2) is 6.07 Å². The SMILES string of the molecule is CCNc1cc(NC2CC(O)C2(C)C)nc(C)n1. The van der Waals surface area contributed by atoms with Crippen LogP contribution < -0.4 is 10.6 Å². The van der Waals surface area contributed by atoms with E-state index in [0.29, 0.717) is 0 Å². The molecule has 0 bridgehead atoms. The lowest BCUT2D eigenvalue weighted by molar-refractivity contribution is -0.0511. The van der Waals surface area contributed by atoms with Gasteiger partial charge in [0.2, 0.25) is 0 Å². The average Bonchev–Trinajstić information content (AvgIpc) is 2.28. The molecule has 0 saturated heterocycles. The summed E-state index contributed by atoms with van der Waals surface area (Å²) in [5.74, 6) is 2.40. The molecule has 18 heavy (non-hydrogen) atoms. The molecule has 1 saturated carbocycles. The molecule has 1 aromatic rings. The highest BCUT2D eigenvalue weighted by Gasteiger charge is 2.47. The highest BCUT2D eigenvalue weighted by Crippen LogP contribution is 2.42. The van der Waals surface area contributed by atoms with Crippen molar-refractivity contribution in [2.45, 2.75) is 46.3 Å². The zero-order valence-electron chi connectivity index (χ0n) is 11.5. The molecule has 1 aliphatic rings. The first-order valence-electron chi connectivity index (χ1n) is 6.47. The van der Waals surface area contributed by atoms with E-state index >= 15 is 0 Å². The molecule has 0 aliphatic heterocycles. The summed E-state index contributed by atoms with van der Waals surface area (Å²) >= 11 is 0. The van der Waals surface area contributed by atoms with Crippen LogP contribution in [0.4, 0.5) is 11.6 Å². The number of hydrogen-bond acceptors (Lipinski definition) is 5. The number of nitrogens with zero attached hydrogens (tertiary/aromatic N) is 2. The maximum Gasteiger partial charge on any atom is 0.132 e. The number of rotatable bonds is 4. The Morgan fingerprint density at radius 3 is 2.61 bits per heavy atom. The lowest BCUT2D eigenvalue weighted by Crippen LogP contribution is -2.57. The summed E-state index contributed by atoms with van der Waals surface area (Å²) in [5, 5.41) is 16.3. The predicted octanol–water partition coefficient (Wildman–Crippen LogP) is 1.79. The molecule has 100 valence electrons. The van der Waals surface area contributed by atoms with Gasteiger partial charge in [0.15, 0.2) is 0 Å². The van der Waals surface area contributed by atoms with Crippen molar-refractivity contribution in [3.63, 3.8) is 0 Å². The van der Waals surface area contributed by atoms with Gasteiger partial charge in [-0.05, 0) is 20.3 Å². The molecule has 2 rings (SSSR count). The van der Waals surface area contributed by atoms with Crippen molar-refractivity contribution in [3.05, 3.63) is 11.9 Å². The number of aliphatic hydroxyl groups excluding tert-OH is 1. The van der Waals surface area contributed by atoms with Gasteiger partial charge in [0.25, 0.3) is 0 Å². The van der Waals surface area contributed by atoms with Crippen LogP contribution in [0.25, 0.3) is 0 Å². The molecule has 5 heteroatoms. The van der Waals surface area contributed by atoms with Crippen LogP contribution in [0.5, 0.6) is 0 Å². The van der Waals surface area contributed by atoms with Gasteiger partial charge in [-0.25, -0.2) is 9.97 Å². The maximum atomic E-state index is 9.73. The van der Waals surface area contributed by atoms with Crippen LogP contribution in [-0.4, -0.2) is 33.8 Å². The van der Waals surface area contributed by atoms with Crippen LogP contribution >= 0.6 is 0 Å². The Morgan fingerprint density at radius 2 is 2.06 bits per heavy atom. The Balaban J connectivity index is 2.10. The van der Waals surface area contributed by atoms with Crippen molar-refractivity contribution in [2.75, 3.05) is 17.2 Å². The molecule has 1 heterocycles. The van der Waals surface area contributed by atoms with Gasteiger partial charge in [-0.1, -0.05) is 13.8 Å². The van der Waals surface area contributed by atoms with Gasteiger partial charge < -0.3 is 15.7 Å². The minimum absolute atomic E-state index is 0.1000. The molecular weight excluding hydrogens is 228 g/mol. The Bertz CT molecular complexity index is 433. The Kier molecular flexibility index (Phi) is 3.43. The van der Waals surface area contributed by atoms with Gasteiger partial charge in [-0.3, -0.25) is 0 Å². The first-order valence-corrected chi connectivity index (χ1v) is 6.47. The van der Waals surface area contributed by atoms with Crippen LogP contribution in [0.2, 0.25) is 0 Å². The first-order chi connectivity index (χ1) is 8.43. The smallest absolute Gasteiger partial charge is 0.132 e. The van der Waals surface area contributed by atoms with Crippen molar-refractivity contribution < 1.29 is 5.11 Å². The second kappa shape index (κ2) is 4.72. The van der Waals surface area contributed by atoms with Crippen molar-refractivity contribution in [1.82, 2.24) is 9.97 Å². The lowest BCUT2D eigenvalue weighted by atomic mass is 9.64. The van der Waals surface area contributed by atoms with Gasteiger partial charge in [0.1, 0.15) is 17.5 Å². The molecule has 3 N–H and O–H groups in total. The zero-order valence-corrected chi connectivity index (χ0v) is 11.5. The van der Waals surface area contributed by atoms with E-state index in [2.05, 4.69) is 34.4 Å². The van der Waals surface area contributed by atoms with Crippen molar-refractivity contribution >= 4 is 11.6 Å². The molecule has 5 nitrogen and oxygen atoms in total. The van der Waals surface area contributed by atoms with Gasteiger partial charge in [0, 0.05) is 24.1 Å². The summed E-state index contributed by atoms with van der Waals surface area (Å²) in [7, 11) is 0. The molecule has 0 spiro atoms. The van der Waals surface area contributed by atoms with Crippen molar-refractivity contribution in [3.8, 4) is 0 Å². The Labute approximate surface area is 108 Å². The summed E-state index contributed by atoms with van der Waals surface area (Å²) in [6.07, 6.45) is 0.540. The van der Waals surface area contributed by atoms with E-state index in [1.165, 1.54) is 0 Å². The summed E-state index contributed by atoms with van der Waals surface area (Å²) < 4.78 is 0. The topological polar surface area (TPSA) is 70.1 Å². The normalized spacial score (nSPS) is 25.4. The monoisotopic (exact) mass is 250 g/mol. The van der Waals surface area contributed by atoms with E-state index in [1.54, 1.807) is 0 Å². The first kappa shape index (κ1) is 13.1. The Hall–Kier alpha value is -1.36. The Morgan fingerprint density at radius 1 is 1.39 bits per heavy atom. The van der Waals surface area contributed by atoms with Crippen LogP contribution in [0, 0.1) is 12.3 Å². The quantitative estimate of drug-likeness (QED) is 0.760. The van der Waals surface area contributed by atoms with E-state index in [0.717, 1.165) is 30.4 Å². The summed E-state index contributed by atoms with van der Waals surface area (Å²) in [5.41, 5.74) is -0.1000. The predicted molar refractivity (Wildman–Crippen MR) is 72.7 cm³/mol. The fourth-order valence-corrected chi connectivity index (χ4v) is 2.24. The average molecular weight is 250 g/mol. The second-order valence-electron chi connectivity index (χ2n) is 5.49. The third-order valence-electron chi connectivity index (χ3n) is 3.73. The molecule has 1 aromatic heterocycles. The molecular formula is C13H22N4O. The van der Waals surface area contributed by atoms with Crippen LogP contribution in [0.1, 0.15) is 33.0 Å². The largest absolute Gasteiger partial charge is 0.392 e. The molecule has 0 aromatic carbocycles. The zero-order chi connectivity index (χ0) is 13.3. The minimum Gasteiger partial charge on any atom is -0.392 e. The molecule has 2 atom stereocenters. The summed E-state index contributed by atoms with van der Waals surface area (Å²) in [6.45, 7) is 8.89. The lowest BCUT2D eigenvalue weighted by Gasteiger charge is -2.49. The van der Waals surface area contributed by atoms with Crippen LogP contribution in [0.3, 0.4) is 0 Å². The number of nitrogens with one attached hydrogen (secondary N) is 2. The van der Waals surface area contributed by atoms with Crippen LogP contribution in [-0.2, 0) is 0 Å². The fraction of sp³-hybridized carbons (Fsp3) is 0.692. The van der Waals surface area contributed by atoms with Gasteiger partial charge in [-0.2, -0.15) is 0 Å². The van der Waals surface area contributed by atoms with Gasteiger partial charge >= 0.3 is 0 Å². The molecule has 1 fully saturated rings. The number of hydrogen-bond donors (Lipinski definition) is 3. The third kappa shape index (κ3) is 2.41. The molecule has 0 radical (unpaired) electrons. The van der Waals surface area contributed by atoms with E-state index in [1.807, 2.05) is 19.9 Å². The summed E-state index contributed by atoms with van der Waals surface area (Å²) in [6, 6.07) is 2.17. The highest BCUT2D eigenvalue weighted by molar-refractivity contribution is 5.48. The van der Waals surface area contributed by atoms with Gasteiger partial charge in [0.05, 0.1) is 6.10 Å². The fourth-order valence-electron chi connectivity index (χ4n) is 2.24. The maximum absolute atomic E-state index is 9.73. The third-order valence-corrected chi connectivity index (χ3v) is 3.73. The van der Waals surface area contributed by atoms with E-state index in [-0.39, 0.29) is 17.6 Å². The minimum atomic E-state index is -0.230.